The van der Waals surface area contributed by atoms with Gasteiger partial charge in [0.05, 0.1) is 11.4 Å². The molecule has 0 amide bonds. The van der Waals surface area contributed by atoms with E-state index in [1.807, 2.05) is 54.6 Å². The minimum atomic E-state index is 0.534. The summed E-state index contributed by atoms with van der Waals surface area (Å²) in [5.41, 5.74) is 9.39. The van der Waals surface area contributed by atoms with Gasteiger partial charge in [-0.2, -0.15) is 9.97 Å². The summed E-state index contributed by atoms with van der Waals surface area (Å²) in [6, 6.07) is 54.6. The van der Waals surface area contributed by atoms with Crippen molar-refractivity contribution in [1.82, 2.24) is 15.0 Å². The van der Waals surface area contributed by atoms with E-state index in [-0.39, 0.29) is 0 Å². The van der Waals surface area contributed by atoms with Crippen molar-refractivity contribution in [1.29, 1.82) is 0 Å². The first-order valence-electron chi connectivity index (χ1n) is 17.7. The number of anilines is 3. The van der Waals surface area contributed by atoms with Crippen LogP contribution < -0.4 is 4.90 Å². The third kappa shape index (κ3) is 4.11. The Morgan fingerprint density at radius 1 is 0.396 bits per heavy atom. The summed E-state index contributed by atoms with van der Waals surface area (Å²) in [6.07, 6.45) is 0. The number of fused-ring (bicyclic) bond motifs is 10. The Hall–Kier alpha value is -7.31. The van der Waals surface area contributed by atoms with Crippen LogP contribution >= 0.6 is 0 Å². The predicted molar refractivity (Wildman–Crippen MR) is 214 cm³/mol. The average molecular weight is 679 g/mol. The Bertz CT molecular complexity index is 3320. The molecular formula is C47H26N4O2. The van der Waals surface area contributed by atoms with Crippen LogP contribution in [0.1, 0.15) is 0 Å². The number of nitrogens with zero attached hydrogens (tertiary/aromatic N) is 4. The van der Waals surface area contributed by atoms with Crippen LogP contribution in [0, 0.1) is 0 Å². The molecule has 6 heteroatoms. The fraction of sp³-hybridized carbons (Fsp3) is 0. The molecule has 11 aromatic rings. The van der Waals surface area contributed by atoms with Crippen molar-refractivity contribution < 1.29 is 8.83 Å². The zero-order valence-corrected chi connectivity index (χ0v) is 28.1. The van der Waals surface area contributed by atoms with Gasteiger partial charge in [-0.05, 0) is 64.9 Å². The molecule has 4 heterocycles. The normalized spacial score (nSPS) is 12.5. The maximum absolute atomic E-state index is 6.34. The summed E-state index contributed by atoms with van der Waals surface area (Å²) in [6.45, 7) is 0. The van der Waals surface area contributed by atoms with Crippen LogP contribution in [0.4, 0.5) is 17.3 Å². The smallest absolute Gasteiger partial charge is 0.238 e. The third-order valence-electron chi connectivity index (χ3n) is 10.6. The predicted octanol–water partition coefficient (Wildman–Crippen LogP) is 12.8. The van der Waals surface area contributed by atoms with Gasteiger partial charge in [0.2, 0.25) is 5.95 Å². The standard InChI is InChI=1S/C47H26N4O2/c1-2-12-31-27(9-1)19-23-36-35-15-7-10-28-11-8-16-38(43(28)35)51(44(31)36)47-49-45(29-21-24-41-37(25-29)33-14-4-6-18-40(33)52-41)48-46(50-47)30-20-22-34-32-13-3-5-17-39(32)53-42(34)26-30/h1-26H. The summed E-state index contributed by atoms with van der Waals surface area (Å²) in [5.74, 6) is 1.65. The molecular weight excluding hydrogens is 653 g/mol. The van der Waals surface area contributed by atoms with Crippen molar-refractivity contribution >= 4 is 82.7 Å². The van der Waals surface area contributed by atoms with E-state index in [0.717, 1.165) is 93.5 Å². The first kappa shape index (κ1) is 28.4. The van der Waals surface area contributed by atoms with E-state index in [2.05, 4.69) is 108 Å². The zero-order chi connectivity index (χ0) is 34.6. The molecule has 0 bridgehead atoms. The Balaban J connectivity index is 1.16. The van der Waals surface area contributed by atoms with Crippen LogP contribution in [0.15, 0.2) is 167 Å². The summed E-state index contributed by atoms with van der Waals surface area (Å²) in [7, 11) is 0. The van der Waals surface area contributed by atoms with E-state index >= 15 is 0 Å². The van der Waals surface area contributed by atoms with E-state index < -0.39 is 0 Å². The largest absolute Gasteiger partial charge is 0.456 e. The topological polar surface area (TPSA) is 68.2 Å². The summed E-state index contributed by atoms with van der Waals surface area (Å²) < 4.78 is 12.5. The molecule has 0 radical (unpaired) electrons. The number of benzene rings is 8. The van der Waals surface area contributed by atoms with E-state index in [0.29, 0.717) is 17.6 Å². The molecule has 1 aliphatic rings. The summed E-state index contributed by atoms with van der Waals surface area (Å²) in [4.78, 5) is 18.1. The minimum absolute atomic E-state index is 0.534. The SMILES string of the molecule is c1ccc2c3c(ccc2c1)-c1cccc2cccc(c12)N3c1nc(-c2ccc3c(c2)oc2ccccc23)nc(-c2ccc3oc4ccccc4c3c2)n1. The summed E-state index contributed by atoms with van der Waals surface area (Å²) >= 11 is 0. The number of hydrogen-bond acceptors (Lipinski definition) is 6. The second-order valence-electron chi connectivity index (χ2n) is 13.6. The molecule has 0 spiro atoms. The molecule has 3 aromatic heterocycles. The second-order valence-corrected chi connectivity index (χ2v) is 13.6. The number of aromatic nitrogens is 3. The lowest BCUT2D eigenvalue weighted by molar-refractivity contribution is 0.668. The lowest BCUT2D eigenvalue weighted by atomic mass is 9.89. The van der Waals surface area contributed by atoms with Crippen LogP contribution in [0.2, 0.25) is 0 Å². The monoisotopic (exact) mass is 678 g/mol. The molecule has 6 nitrogen and oxygen atoms in total. The average Bonchev–Trinajstić information content (AvgIpc) is 3.78. The molecule has 246 valence electrons. The minimum Gasteiger partial charge on any atom is -0.456 e. The number of furan rings is 2. The van der Waals surface area contributed by atoms with Gasteiger partial charge < -0.3 is 8.83 Å². The van der Waals surface area contributed by atoms with Crippen molar-refractivity contribution in [2.24, 2.45) is 0 Å². The summed E-state index contributed by atoms with van der Waals surface area (Å²) in [5, 5.41) is 8.78. The lowest BCUT2D eigenvalue weighted by Gasteiger charge is -2.33. The number of hydrogen-bond donors (Lipinski definition) is 0. The van der Waals surface area contributed by atoms with Gasteiger partial charge in [-0.15, -0.1) is 0 Å². The van der Waals surface area contributed by atoms with Gasteiger partial charge in [-0.1, -0.05) is 109 Å². The molecule has 1 aliphatic heterocycles. The molecule has 0 aliphatic carbocycles. The number of para-hydroxylation sites is 2. The highest BCUT2D eigenvalue weighted by molar-refractivity contribution is 6.18. The molecule has 0 N–H and O–H groups in total. The molecule has 53 heavy (non-hydrogen) atoms. The Kier molecular flexibility index (Phi) is 5.68. The van der Waals surface area contributed by atoms with Crippen LogP contribution in [-0.2, 0) is 0 Å². The van der Waals surface area contributed by atoms with E-state index in [9.17, 15) is 0 Å². The van der Waals surface area contributed by atoms with E-state index in [4.69, 9.17) is 23.8 Å². The fourth-order valence-electron chi connectivity index (χ4n) is 8.23. The first-order chi connectivity index (χ1) is 26.2. The highest BCUT2D eigenvalue weighted by atomic mass is 16.3. The molecule has 12 rings (SSSR count). The third-order valence-corrected chi connectivity index (χ3v) is 10.6. The van der Waals surface area contributed by atoms with Crippen LogP contribution in [-0.4, -0.2) is 15.0 Å². The molecule has 8 aromatic carbocycles. The number of rotatable bonds is 3. The zero-order valence-electron chi connectivity index (χ0n) is 28.1. The Labute approximate surface area is 302 Å². The quantitative estimate of drug-likeness (QED) is 0.185. The molecule has 0 saturated carbocycles. The van der Waals surface area contributed by atoms with Crippen LogP contribution in [0.5, 0.6) is 0 Å². The van der Waals surface area contributed by atoms with Crippen molar-refractivity contribution in [3.63, 3.8) is 0 Å². The highest BCUT2D eigenvalue weighted by Crippen LogP contribution is 2.53. The van der Waals surface area contributed by atoms with Gasteiger partial charge in [-0.25, -0.2) is 4.98 Å². The molecule has 0 saturated heterocycles. The van der Waals surface area contributed by atoms with Gasteiger partial charge in [0.25, 0.3) is 0 Å². The van der Waals surface area contributed by atoms with Crippen molar-refractivity contribution in [3.05, 3.63) is 158 Å². The van der Waals surface area contributed by atoms with Gasteiger partial charge in [-0.3, -0.25) is 4.90 Å². The first-order valence-corrected chi connectivity index (χ1v) is 17.7. The molecule has 0 fully saturated rings. The van der Waals surface area contributed by atoms with Gasteiger partial charge in [0.15, 0.2) is 11.6 Å². The maximum Gasteiger partial charge on any atom is 0.238 e. The Morgan fingerprint density at radius 2 is 1.02 bits per heavy atom. The van der Waals surface area contributed by atoms with Gasteiger partial charge in [0.1, 0.15) is 22.3 Å². The van der Waals surface area contributed by atoms with Crippen LogP contribution in [0.25, 0.3) is 99.3 Å². The fourth-order valence-corrected chi connectivity index (χ4v) is 8.23. The van der Waals surface area contributed by atoms with Gasteiger partial charge >= 0.3 is 0 Å². The van der Waals surface area contributed by atoms with Crippen molar-refractivity contribution in [2.75, 3.05) is 4.90 Å². The van der Waals surface area contributed by atoms with Gasteiger partial charge in [0, 0.05) is 49.0 Å². The lowest BCUT2D eigenvalue weighted by Crippen LogP contribution is -2.19. The molecule has 0 atom stereocenters. The second kappa shape index (κ2) is 10.6. The van der Waals surface area contributed by atoms with E-state index in [1.165, 1.54) is 5.56 Å². The Morgan fingerprint density at radius 3 is 1.85 bits per heavy atom. The van der Waals surface area contributed by atoms with Crippen LogP contribution in [0.3, 0.4) is 0 Å². The van der Waals surface area contributed by atoms with Crippen molar-refractivity contribution in [2.45, 2.75) is 0 Å². The van der Waals surface area contributed by atoms with Crippen molar-refractivity contribution in [3.8, 4) is 33.9 Å². The van der Waals surface area contributed by atoms with E-state index in [1.54, 1.807) is 0 Å². The molecule has 0 unspecified atom stereocenters. The maximum atomic E-state index is 6.34. The highest BCUT2D eigenvalue weighted by Gasteiger charge is 2.30.